The Kier molecular flexibility index (Phi) is 8.40. The Balaban J connectivity index is 0.000000730. The maximum absolute atomic E-state index is 12.0. The molecule has 0 saturated heterocycles. The van der Waals surface area contributed by atoms with Gasteiger partial charge in [0.05, 0.1) is 24.4 Å². The van der Waals surface area contributed by atoms with Gasteiger partial charge in [0.15, 0.2) is 0 Å². The standard InChI is InChI=1S/C17H16N2O2.2C2H6/c1-12-18-11-14-8-9-15(17(20)21-2)16(19(12)14)10-13-6-4-3-5-7-13;2*1-2/h3-9,11H,10H2,1-2H3;2*1-2H3. The molecule has 1 aromatic carbocycles. The van der Waals surface area contributed by atoms with E-state index >= 15 is 0 Å². The molecule has 3 aromatic rings. The largest absolute Gasteiger partial charge is 0.465 e. The zero-order valence-electron chi connectivity index (χ0n) is 16.0. The summed E-state index contributed by atoms with van der Waals surface area (Å²) in [6.07, 6.45) is 2.46. The number of benzene rings is 1. The fraction of sp³-hybridized carbons (Fsp3) is 0.333. The van der Waals surface area contributed by atoms with E-state index in [1.54, 1.807) is 6.07 Å². The molecule has 0 aliphatic heterocycles. The first-order valence-corrected chi connectivity index (χ1v) is 8.79. The van der Waals surface area contributed by atoms with Crippen molar-refractivity contribution in [1.29, 1.82) is 0 Å². The highest BCUT2D eigenvalue weighted by Gasteiger charge is 2.16. The number of esters is 1. The lowest BCUT2D eigenvalue weighted by Gasteiger charge is -2.12. The van der Waals surface area contributed by atoms with Gasteiger partial charge in [-0.25, -0.2) is 9.78 Å². The predicted molar refractivity (Wildman–Crippen MR) is 103 cm³/mol. The number of nitrogens with zero attached hydrogens (tertiary/aromatic N) is 2. The normalized spacial score (nSPS) is 9.52. The van der Waals surface area contributed by atoms with Crippen LogP contribution in [0.15, 0.2) is 48.7 Å². The van der Waals surface area contributed by atoms with Crippen molar-refractivity contribution in [2.75, 3.05) is 7.11 Å². The van der Waals surface area contributed by atoms with E-state index in [-0.39, 0.29) is 5.97 Å². The van der Waals surface area contributed by atoms with Gasteiger partial charge < -0.3 is 4.74 Å². The predicted octanol–water partition coefficient (Wildman–Crippen LogP) is 5.07. The summed E-state index contributed by atoms with van der Waals surface area (Å²) >= 11 is 0. The lowest BCUT2D eigenvalue weighted by atomic mass is 10.0. The molecule has 0 aliphatic carbocycles. The number of aromatic nitrogens is 2. The number of ether oxygens (including phenoxy) is 1. The first kappa shape index (κ1) is 20.4. The van der Waals surface area contributed by atoms with Crippen molar-refractivity contribution in [2.45, 2.75) is 41.0 Å². The average molecular weight is 340 g/mol. The molecular weight excluding hydrogens is 312 g/mol. The van der Waals surface area contributed by atoms with Crippen molar-refractivity contribution < 1.29 is 9.53 Å². The number of rotatable bonds is 3. The maximum atomic E-state index is 12.0. The van der Waals surface area contributed by atoms with Crippen LogP contribution in [0.3, 0.4) is 0 Å². The lowest BCUT2D eigenvalue weighted by molar-refractivity contribution is 0.0599. The van der Waals surface area contributed by atoms with Crippen LogP contribution in [0, 0.1) is 6.92 Å². The van der Waals surface area contributed by atoms with Crippen molar-refractivity contribution in [3.05, 3.63) is 71.3 Å². The second kappa shape index (κ2) is 10.3. The molecule has 0 atom stereocenters. The Labute approximate surface area is 150 Å². The Bertz CT molecular complexity index is 792. The van der Waals surface area contributed by atoms with Gasteiger partial charge in [-0.3, -0.25) is 4.40 Å². The maximum Gasteiger partial charge on any atom is 0.339 e. The van der Waals surface area contributed by atoms with E-state index in [1.807, 2.05) is 81.6 Å². The van der Waals surface area contributed by atoms with Gasteiger partial charge in [0.2, 0.25) is 0 Å². The van der Waals surface area contributed by atoms with Crippen LogP contribution in [0.1, 0.15) is 55.1 Å². The van der Waals surface area contributed by atoms with E-state index in [4.69, 9.17) is 4.74 Å². The summed E-state index contributed by atoms with van der Waals surface area (Å²) in [5.74, 6) is 0.539. The number of pyridine rings is 1. The third-order valence-corrected chi connectivity index (χ3v) is 3.59. The highest BCUT2D eigenvalue weighted by molar-refractivity contribution is 5.91. The average Bonchev–Trinajstić information content (AvgIpc) is 3.07. The van der Waals surface area contributed by atoms with Gasteiger partial charge in [0.25, 0.3) is 0 Å². The van der Waals surface area contributed by atoms with Crippen LogP contribution in [0.2, 0.25) is 0 Å². The number of aryl methyl sites for hydroxylation is 1. The molecule has 4 nitrogen and oxygen atoms in total. The summed E-state index contributed by atoms with van der Waals surface area (Å²) in [6, 6.07) is 13.8. The molecule has 2 aromatic heterocycles. The SMILES string of the molecule is CC.CC.COC(=O)c1ccc2cnc(C)n2c1Cc1ccccc1. The van der Waals surface area contributed by atoms with Crippen molar-refractivity contribution in [3.8, 4) is 0 Å². The van der Waals surface area contributed by atoms with Gasteiger partial charge in [-0.1, -0.05) is 58.0 Å². The molecule has 0 saturated carbocycles. The van der Waals surface area contributed by atoms with E-state index in [1.165, 1.54) is 7.11 Å². The van der Waals surface area contributed by atoms with Crippen LogP contribution in [-0.4, -0.2) is 22.5 Å². The second-order valence-corrected chi connectivity index (χ2v) is 4.91. The molecule has 0 fully saturated rings. The van der Waals surface area contributed by atoms with Crippen LogP contribution in [0.25, 0.3) is 5.52 Å². The van der Waals surface area contributed by atoms with Crippen LogP contribution in [0.5, 0.6) is 0 Å². The molecule has 0 aliphatic rings. The monoisotopic (exact) mass is 340 g/mol. The van der Waals surface area contributed by atoms with Crippen LogP contribution in [-0.2, 0) is 11.2 Å². The second-order valence-electron chi connectivity index (χ2n) is 4.91. The molecule has 0 N–H and O–H groups in total. The Morgan fingerprint density at radius 2 is 1.68 bits per heavy atom. The van der Waals surface area contributed by atoms with Crippen molar-refractivity contribution in [2.24, 2.45) is 0 Å². The molecule has 25 heavy (non-hydrogen) atoms. The number of imidazole rings is 1. The van der Waals surface area contributed by atoms with E-state index < -0.39 is 0 Å². The Hall–Kier alpha value is -2.62. The smallest absolute Gasteiger partial charge is 0.339 e. The molecule has 0 spiro atoms. The summed E-state index contributed by atoms with van der Waals surface area (Å²) in [4.78, 5) is 16.4. The number of methoxy groups -OCH3 is 1. The molecule has 3 rings (SSSR count). The molecule has 0 unspecified atom stereocenters. The summed E-state index contributed by atoms with van der Waals surface area (Å²) in [5.41, 5.74) is 3.60. The summed E-state index contributed by atoms with van der Waals surface area (Å²) < 4.78 is 6.92. The molecule has 134 valence electrons. The number of fused-ring (bicyclic) bond motifs is 1. The van der Waals surface area contributed by atoms with E-state index in [0.717, 1.165) is 22.6 Å². The van der Waals surface area contributed by atoms with Crippen LogP contribution in [0.4, 0.5) is 0 Å². The van der Waals surface area contributed by atoms with Gasteiger partial charge in [0, 0.05) is 12.1 Å². The van der Waals surface area contributed by atoms with Crippen molar-refractivity contribution in [1.82, 2.24) is 9.38 Å². The highest BCUT2D eigenvalue weighted by atomic mass is 16.5. The zero-order chi connectivity index (χ0) is 18.8. The summed E-state index contributed by atoms with van der Waals surface area (Å²) in [5, 5.41) is 0. The van der Waals surface area contributed by atoms with E-state index in [9.17, 15) is 4.79 Å². The molecule has 0 bridgehead atoms. The fourth-order valence-electron chi connectivity index (χ4n) is 2.58. The molecule has 0 amide bonds. The van der Waals surface area contributed by atoms with Crippen LogP contribution < -0.4 is 0 Å². The van der Waals surface area contributed by atoms with E-state index in [2.05, 4.69) is 4.98 Å². The minimum absolute atomic E-state index is 0.323. The van der Waals surface area contributed by atoms with Crippen molar-refractivity contribution >= 4 is 11.5 Å². The quantitative estimate of drug-likeness (QED) is 0.625. The number of hydrogen-bond donors (Lipinski definition) is 0. The molecule has 0 radical (unpaired) electrons. The van der Waals surface area contributed by atoms with Crippen molar-refractivity contribution in [3.63, 3.8) is 0 Å². The van der Waals surface area contributed by atoms with E-state index in [0.29, 0.717) is 12.0 Å². The summed E-state index contributed by atoms with van der Waals surface area (Å²) in [7, 11) is 1.40. The number of carbonyl (C=O) groups excluding carboxylic acids is 1. The van der Waals surface area contributed by atoms with Gasteiger partial charge >= 0.3 is 5.97 Å². The highest BCUT2D eigenvalue weighted by Crippen LogP contribution is 2.20. The first-order valence-electron chi connectivity index (χ1n) is 8.79. The van der Waals surface area contributed by atoms with Crippen LogP contribution >= 0.6 is 0 Å². The third kappa shape index (κ3) is 4.69. The number of carbonyl (C=O) groups is 1. The Morgan fingerprint density at radius 3 is 2.28 bits per heavy atom. The fourth-order valence-corrected chi connectivity index (χ4v) is 2.58. The summed E-state index contributed by atoms with van der Waals surface area (Å²) in [6.45, 7) is 9.93. The minimum atomic E-state index is -0.323. The van der Waals surface area contributed by atoms with Gasteiger partial charge in [-0.05, 0) is 24.6 Å². The van der Waals surface area contributed by atoms with Gasteiger partial charge in [-0.2, -0.15) is 0 Å². The lowest BCUT2D eigenvalue weighted by Crippen LogP contribution is -2.11. The molecule has 2 heterocycles. The number of hydrogen-bond acceptors (Lipinski definition) is 3. The Morgan fingerprint density at radius 1 is 1.04 bits per heavy atom. The van der Waals surface area contributed by atoms with Gasteiger partial charge in [0.1, 0.15) is 5.82 Å². The first-order chi connectivity index (χ1) is 12.2. The zero-order valence-corrected chi connectivity index (χ0v) is 16.0. The van der Waals surface area contributed by atoms with Gasteiger partial charge in [-0.15, -0.1) is 0 Å². The molecule has 4 heteroatoms. The third-order valence-electron chi connectivity index (χ3n) is 3.59. The minimum Gasteiger partial charge on any atom is -0.465 e. The molecular formula is C21H28N2O2. The topological polar surface area (TPSA) is 43.6 Å².